The summed E-state index contributed by atoms with van der Waals surface area (Å²) in [5.74, 6) is 1.60. The quantitative estimate of drug-likeness (QED) is 0.648. The number of rotatable bonds is 5. The fourth-order valence-corrected chi connectivity index (χ4v) is 6.46. The van der Waals surface area contributed by atoms with Crippen molar-refractivity contribution >= 4 is 5.82 Å². The van der Waals surface area contributed by atoms with Crippen molar-refractivity contribution in [3.63, 3.8) is 0 Å². The first kappa shape index (κ1) is 19.6. The standard InChI is InChI=1S/C25H31N7/c1-2-12-27-22(10-1)32-20-8-11-24(21-9-7-13-26-21,23-28-14-15-29-23)25(32,30-16-3-4-17-30)31-18-5-6-19-31/h1-3,7,9-10,12-16,26H,4-6,8,11,17-20H2,(H,28,29). The number of likely N-dealkylation sites (tertiary alicyclic amines) is 1. The molecule has 0 amide bonds. The second-order valence-corrected chi connectivity index (χ2v) is 9.07. The summed E-state index contributed by atoms with van der Waals surface area (Å²) in [6, 6.07) is 10.6. The third-order valence-electron chi connectivity index (χ3n) is 7.54. The molecule has 0 radical (unpaired) electrons. The van der Waals surface area contributed by atoms with E-state index in [0.29, 0.717) is 0 Å². The summed E-state index contributed by atoms with van der Waals surface area (Å²) in [7, 11) is 0. The summed E-state index contributed by atoms with van der Waals surface area (Å²) in [4.78, 5) is 24.8. The van der Waals surface area contributed by atoms with E-state index in [2.05, 4.69) is 61.2 Å². The maximum absolute atomic E-state index is 4.93. The molecule has 3 aromatic heterocycles. The van der Waals surface area contributed by atoms with Gasteiger partial charge in [0.1, 0.15) is 17.1 Å². The van der Waals surface area contributed by atoms with E-state index in [1.807, 2.05) is 30.9 Å². The molecular weight excluding hydrogens is 398 g/mol. The highest BCUT2D eigenvalue weighted by Crippen LogP contribution is 2.55. The lowest BCUT2D eigenvalue weighted by Gasteiger charge is -2.65. The number of anilines is 1. The highest BCUT2D eigenvalue weighted by atomic mass is 15.6. The normalized spacial score (nSPS) is 28.6. The Kier molecular flexibility index (Phi) is 4.79. The van der Waals surface area contributed by atoms with Gasteiger partial charge in [-0.3, -0.25) is 4.90 Å². The minimum absolute atomic E-state index is 0.394. The first-order valence-electron chi connectivity index (χ1n) is 11.9. The van der Waals surface area contributed by atoms with Gasteiger partial charge in [0.25, 0.3) is 0 Å². The Balaban J connectivity index is 1.69. The highest BCUT2D eigenvalue weighted by Gasteiger charge is 2.67. The van der Waals surface area contributed by atoms with Crippen molar-refractivity contribution in [1.29, 1.82) is 0 Å². The van der Waals surface area contributed by atoms with Gasteiger partial charge < -0.3 is 19.8 Å². The summed E-state index contributed by atoms with van der Waals surface area (Å²) < 4.78 is 0. The van der Waals surface area contributed by atoms with Gasteiger partial charge in [0.05, 0.1) is 0 Å². The molecule has 0 saturated carbocycles. The number of aromatic amines is 2. The van der Waals surface area contributed by atoms with Crippen molar-refractivity contribution in [3.05, 3.63) is 78.9 Å². The lowest BCUT2D eigenvalue weighted by atomic mass is 9.67. The molecule has 2 fully saturated rings. The number of H-pyrrole nitrogens is 2. The van der Waals surface area contributed by atoms with E-state index in [9.17, 15) is 0 Å². The van der Waals surface area contributed by atoms with E-state index in [1.165, 1.54) is 18.5 Å². The maximum atomic E-state index is 4.93. The van der Waals surface area contributed by atoms with Gasteiger partial charge in [-0.05, 0) is 62.6 Å². The van der Waals surface area contributed by atoms with Crippen LogP contribution in [0.2, 0.25) is 0 Å². The average molecular weight is 430 g/mol. The summed E-state index contributed by atoms with van der Waals surface area (Å²) in [5, 5.41) is 0. The number of nitrogens with zero attached hydrogens (tertiary/aromatic N) is 5. The summed E-state index contributed by atoms with van der Waals surface area (Å²) in [6.07, 6.45) is 18.0. The van der Waals surface area contributed by atoms with Crippen molar-refractivity contribution in [1.82, 2.24) is 29.7 Å². The fraction of sp³-hybridized carbons (Fsp3) is 0.440. The fourth-order valence-electron chi connectivity index (χ4n) is 6.46. The van der Waals surface area contributed by atoms with Crippen molar-refractivity contribution in [2.45, 2.75) is 43.3 Å². The van der Waals surface area contributed by atoms with Crippen LogP contribution in [0, 0.1) is 0 Å². The zero-order chi connectivity index (χ0) is 21.4. The van der Waals surface area contributed by atoms with Crippen LogP contribution in [0.4, 0.5) is 5.82 Å². The Hall–Kier alpha value is -3.06. The molecule has 0 aliphatic carbocycles. The average Bonchev–Trinajstić information content (AvgIpc) is 3.67. The number of hydrogen-bond acceptors (Lipinski definition) is 5. The van der Waals surface area contributed by atoms with Gasteiger partial charge in [-0.1, -0.05) is 12.1 Å². The van der Waals surface area contributed by atoms with Crippen LogP contribution in [0.25, 0.3) is 0 Å². The number of nitrogens with one attached hydrogen (secondary N) is 2. The van der Waals surface area contributed by atoms with Crippen LogP contribution in [-0.2, 0) is 5.41 Å². The lowest BCUT2D eigenvalue weighted by Crippen LogP contribution is -2.80. The predicted octanol–water partition coefficient (Wildman–Crippen LogP) is 3.69. The first-order valence-corrected chi connectivity index (χ1v) is 11.9. The molecule has 0 spiro atoms. The highest BCUT2D eigenvalue weighted by molar-refractivity contribution is 5.51. The Morgan fingerprint density at radius 1 is 0.844 bits per heavy atom. The number of aromatic nitrogens is 4. The summed E-state index contributed by atoms with van der Waals surface area (Å²) in [6.45, 7) is 4.08. The molecule has 2 unspecified atom stereocenters. The van der Waals surface area contributed by atoms with E-state index in [-0.39, 0.29) is 0 Å². The molecule has 3 aliphatic rings. The largest absolute Gasteiger partial charge is 0.364 e. The van der Waals surface area contributed by atoms with Gasteiger partial charge in [0.15, 0.2) is 5.79 Å². The molecule has 7 heteroatoms. The van der Waals surface area contributed by atoms with Crippen LogP contribution in [0.5, 0.6) is 0 Å². The van der Waals surface area contributed by atoms with E-state index < -0.39 is 11.2 Å². The zero-order valence-corrected chi connectivity index (χ0v) is 18.5. The van der Waals surface area contributed by atoms with Gasteiger partial charge in [0, 0.05) is 56.7 Å². The maximum Gasteiger partial charge on any atom is 0.191 e. The molecule has 2 saturated heterocycles. The van der Waals surface area contributed by atoms with Gasteiger partial charge in [-0.15, -0.1) is 0 Å². The zero-order valence-electron chi connectivity index (χ0n) is 18.5. The minimum Gasteiger partial charge on any atom is -0.364 e. The van der Waals surface area contributed by atoms with E-state index in [0.717, 1.165) is 57.1 Å². The van der Waals surface area contributed by atoms with E-state index >= 15 is 0 Å². The summed E-state index contributed by atoms with van der Waals surface area (Å²) in [5.41, 5.74) is 0.815. The molecular formula is C25H31N7. The van der Waals surface area contributed by atoms with E-state index in [4.69, 9.17) is 9.97 Å². The molecule has 2 atom stereocenters. The lowest BCUT2D eigenvalue weighted by molar-refractivity contribution is -0.0881. The number of hydrogen-bond donors (Lipinski definition) is 2. The number of pyridine rings is 1. The molecule has 0 bridgehead atoms. The molecule has 6 rings (SSSR count). The second-order valence-electron chi connectivity index (χ2n) is 9.07. The number of imidazole rings is 1. The van der Waals surface area contributed by atoms with Crippen LogP contribution in [0.15, 0.2) is 67.4 Å². The van der Waals surface area contributed by atoms with Crippen LogP contribution in [0.3, 0.4) is 0 Å². The van der Waals surface area contributed by atoms with Crippen molar-refractivity contribution in [2.75, 3.05) is 31.1 Å². The Morgan fingerprint density at radius 3 is 2.47 bits per heavy atom. The Labute approximate surface area is 189 Å². The SMILES string of the molecule is C1=CN(C2(N3CCCC3)N(c3ccccn3)CCCC2(c2ccc[nH]2)c2ncc[nH]2)CC1. The molecule has 3 aliphatic heterocycles. The minimum atomic E-state index is -0.453. The molecule has 0 aromatic carbocycles. The monoisotopic (exact) mass is 429 g/mol. The molecule has 166 valence electrons. The van der Waals surface area contributed by atoms with E-state index in [1.54, 1.807) is 0 Å². The summed E-state index contributed by atoms with van der Waals surface area (Å²) >= 11 is 0. The Morgan fingerprint density at radius 2 is 1.78 bits per heavy atom. The van der Waals surface area contributed by atoms with Gasteiger partial charge in [0.2, 0.25) is 0 Å². The van der Waals surface area contributed by atoms with Crippen LogP contribution >= 0.6 is 0 Å². The van der Waals surface area contributed by atoms with Gasteiger partial charge in [-0.2, -0.15) is 0 Å². The van der Waals surface area contributed by atoms with Crippen molar-refractivity contribution < 1.29 is 0 Å². The molecule has 2 N–H and O–H groups in total. The third kappa shape index (κ3) is 2.64. The smallest absolute Gasteiger partial charge is 0.191 e. The van der Waals surface area contributed by atoms with Crippen molar-refractivity contribution in [3.8, 4) is 0 Å². The van der Waals surface area contributed by atoms with Crippen LogP contribution in [-0.4, -0.2) is 61.7 Å². The van der Waals surface area contributed by atoms with Crippen LogP contribution in [0.1, 0.15) is 43.6 Å². The van der Waals surface area contributed by atoms with Gasteiger partial charge >= 0.3 is 0 Å². The second kappa shape index (κ2) is 7.81. The van der Waals surface area contributed by atoms with Crippen LogP contribution < -0.4 is 4.90 Å². The molecule has 6 heterocycles. The molecule has 32 heavy (non-hydrogen) atoms. The molecule has 7 nitrogen and oxygen atoms in total. The topological polar surface area (TPSA) is 67.1 Å². The Bertz CT molecular complexity index is 1000. The first-order chi connectivity index (χ1) is 15.9. The third-order valence-corrected chi connectivity index (χ3v) is 7.54. The van der Waals surface area contributed by atoms with Gasteiger partial charge in [-0.25, -0.2) is 9.97 Å². The number of piperidine rings is 1. The molecule has 3 aromatic rings. The predicted molar refractivity (Wildman–Crippen MR) is 125 cm³/mol. The van der Waals surface area contributed by atoms with Crippen molar-refractivity contribution in [2.24, 2.45) is 0 Å².